The van der Waals surface area contributed by atoms with Crippen molar-refractivity contribution in [2.45, 2.75) is 32.0 Å². The summed E-state index contributed by atoms with van der Waals surface area (Å²) in [5, 5.41) is 6.88. The Kier molecular flexibility index (Phi) is 5.72. The van der Waals surface area contributed by atoms with Gasteiger partial charge in [-0.15, -0.1) is 0 Å². The number of carbonyl (C=O) groups is 1. The highest BCUT2D eigenvalue weighted by Crippen LogP contribution is 2.17. The van der Waals surface area contributed by atoms with E-state index >= 15 is 0 Å². The van der Waals surface area contributed by atoms with Gasteiger partial charge in [-0.2, -0.15) is 0 Å². The highest BCUT2D eigenvalue weighted by molar-refractivity contribution is 6.30. The van der Waals surface area contributed by atoms with Gasteiger partial charge >= 0.3 is 0 Å². The molecule has 24 heavy (non-hydrogen) atoms. The largest absolute Gasteiger partial charge is 0.489 e. The predicted octanol–water partition coefficient (Wildman–Crippen LogP) is 3.29. The van der Waals surface area contributed by atoms with Gasteiger partial charge in [0, 0.05) is 11.6 Å². The van der Waals surface area contributed by atoms with E-state index in [9.17, 15) is 4.79 Å². The van der Waals surface area contributed by atoms with Gasteiger partial charge in [0.15, 0.2) is 0 Å². The lowest BCUT2D eigenvalue weighted by molar-refractivity contribution is -0.122. The molecule has 2 N–H and O–H groups in total. The third-order valence-electron chi connectivity index (χ3n) is 4.04. The molecule has 126 valence electrons. The lowest BCUT2D eigenvalue weighted by Gasteiger charge is -2.12. The van der Waals surface area contributed by atoms with Gasteiger partial charge < -0.3 is 15.4 Å². The van der Waals surface area contributed by atoms with Crippen molar-refractivity contribution in [1.82, 2.24) is 10.6 Å². The number of carbonyl (C=O) groups excluding carboxylic acids is 1. The molecule has 1 heterocycles. The summed E-state index contributed by atoms with van der Waals surface area (Å²) in [6.45, 7) is 1.89. The first-order valence-corrected chi connectivity index (χ1v) is 8.56. The molecule has 1 aliphatic heterocycles. The van der Waals surface area contributed by atoms with Crippen LogP contribution in [0.1, 0.15) is 24.0 Å². The Morgan fingerprint density at radius 1 is 1.21 bits per heavy atom. The number of hydrogen-bond donors (Lipinski definition) is 2. The summed E-state index contributed by atoms with van der Waals surface area (Å²) in [5.41, 5.74) is 2.04. The third-order valence-corrected chi connectivity index (χ3v) is 4.27. The van der Waals surface area contributed by atoms with Crippen LogP contribution in [0.3, 0.4) is 0 Å². The van der Waals surface area contributed by atoms with Crippen molar-refractivity contribution in [2.24, 2.45) is 0 Å². The third kappa shape index (κ3) is 4.73. The molecule has 1 unspecified atom stereocenters. The summed E-state index contributed by atoms with van der Waals surface area (Å²) >= 11 is 5.98. The van der Waals surface area contributed by atoms with Crippen LogP contribution in [-0.2, 0) is 17.9 Å². The van der Waals surface area contributed by atoms with Gasteiger partial charge in [0.1, 0.15) is 12.4 Å². The van der Waals surface area contributed by atoms with E-state index in [-0.39, 0.29) is 11.9 Å². The second kappa shape index (κ2) is 8.18. The van der Waals surface area contributed by atoms with Crippen LogP contribution in [0.5, 0.6) is 5.75 Å². The lowest BCUT2D eigenvalue weighted by Crippen LogP contribution is -2.39. The van der Waals surface area contributed by atoms with Crippen molar-refractivity contribution >= 4 is 17.5 Å². The SMILES string of the molecule is O=C(NCc1cccc(OCc2cccc(Cl)c2)c1)C1CCCN1. The van der Waals surface area contributed by atoms with Gasteiger partial charge in [-0.05, 0) is 54.8 Å². The molecule has 2 aromatic carbocycles. The molecule has 1 aliphatic rings. The Bertz CT molecular complexity index is 699. The maximum absolute atomic E-state index is 12.0. The summed E-state index contributed by atoms with van der Waals surface area (Å²) in [6, 6.07) is 15.3. The number of halogens is 1. The van der Waals surface area contributed by atoms with Crippen LogP contribution in [0.4, 0.5) is 0 Å². The lowest BCUT2D eigenvalue weighted by atomic mass is 10.2. The number of hydrogen-bond acceptors (Lipinski definition) is 3. The quantitative estimate of drug-likeness (QED) is 0.845. The van der Waals surface area contributed by atoms with Gasteiger partial charge in [-0.25, -0.2) is 0 Å². The zero-order valence-corrected chi connectivity index (χ0v) is 14.2. The first-order chi connectivity index (χ1) is 11.7. The van der Waals surface area contributed by atoms with E-state index in [2.05, 4.69) is 10.6 Å². The highest BCUT2D eigenvalue weighted by Gasteiger charge is 2.21. The second-order valence-electron chi connectivity index (χ2n) is 5.93. The van der Waals surface area contributed by atoms with E-state index in [0.29, 0.717) is 18.2 Å². The minimum Gasteiger partial charge on any atom is -0.489 e. The Hall–Kier alpha value is -2.04. The van der Waals surface area contributed by atoms with E-state index in [1.54, 1.807) is 0 Å². The van der Waals surface area contributed by atoms with Crippen LogP contribution < -0.4 is 15.4 Å². The molecule has 5 heteroatoms. The van der Waals surface area contributed by atoms with Crippen LogP contribution >= 0.6 is 11.6 Å². The average molecular weight is 345 g/mol. The molecule has 0 saturated carbocycles. The van der Waals surface area contributed by atoms with E-state index in [4.69, 9.17) is 16.3 Å². The summed E-state index contributed by atoms with van der Waals surface area (Å²) in [5.74, 6) is 0.846. The van der Waals surface area contributed by atoms with Crippen LogP contribution in [0.15, 0.2) is 48.5 Å². The molecule has 2 aromatic rings. The number of nitrogens with one attached hydrogen (secondary N) is 2. The zero-order chi connectivity index (χ0) is 16.8. The summed E-state index contributed by atoms with van der Waals surface area (Å²) < 4.78 is 5.81. The van der Waals surface area contributed by atoms with Gasteiger partial charge in [0.2, 0.25) is 5.91 Å². The predicted molar refractivity (Wildman–Crippen MR) is 95.1 cm³/mol. The molecule has 4 nitrogen and oxygen atoms in total. The van der Waals surface area contributed by atoms with Gasteiger partial charge in [-0.1, -0.05) is 35.9 Å². The zero-order valence-electron chi connectivity index (χ0n) is 13.4. The van der Waals surface area contributed by atoms with Crippen LogP contribution in [0.25, 0.3) is 0 Å². The minimum absolute atomic E-state index is 0.0488. The molecule has 3 rings (SSSR count). The first-order valence-electron chi connectivity index (χ1n) is 8.18. The van der Waals surface area contributed by atoms with Crippen LogP contribution in [0.2, 0.25) is 5.02 Å². The van der Waals surface area contributed by atoms with Gasteiger partial charge in [-0.3, -0.25) is 4.79 Å². The molecule has 0 spiro atoms. The van der Waals surface area contributed by atoms with E-state index in [1.165, 1.54) is 0 Å². The van der Waals surface area contributed by atoms with E-state index < -0.39 is 0 Å². The van der Waals surface area contributed by atoms with Crippen LogP contribution in [0, 0.1) is 0 Å². The van der Waals surface area contributed by atoms with E-state index in [0.717, 1.165) is 36.3 Å². The number of amides is 1. The molecular formula is C19H21ClN2O2. The Morgan fingerprint density at radius 2 is 2.04 bits per heavy atom. The molecule has 1 saturated heterocycles. The molecule has 0 radical (unpaired) electrons. The van der Waals surface area contributed by atoms with Crippen molar-refractivity contribution in [1.29, 1.82) is 0 Å². The smallest absolute Gasteiger partial charge is 0.237 e. The monoisotopic (exact) mass is 344 g/mol. The van der Waals surface area contributed by atoms with Crippen molar-refractivity contribution in [3.05, 3.63) is 64.7 Å². The Morgan fingerprint density at radius 3 is 2.83 bits per heavy atom. The second-order valence-corrected chi connectivity index (χ2v) is 6.37. The summed E-state index contributed by atoms with van der Waals surface area (Å²) in [7, 11) is 0. The highest BCUT2D eigenvalue weighted by atomic mass is 35.5. The maximum Gasteiger partial charge on any atom is 0.237 e. The van der Waals surface area contributed by atoms with Gasteiger partial charge in [0.25, 0.3) is 0 Å². The number of ether oxygens (including phenoxy) is 1. The van der Waals surface area contributed by atoms with E-state index in [1.807, 2.05) is 48.5 Å². The fourth-order valence-electron chi connectivity index (χ4n) is 2.76. The molecular weight excluding hydrogens is 324 g/mol. The normalized spacial score (nSPS) is 16.8. The van der Waals surface area contributed by atoms with Crippen molar-refractivity contribution in [2.75, 3.05) is 6.54 Å². The summed E-state index contributed by atoms with van der Waals surface area (Å²) in [4.78, 5) is 12.0. The van der Waals surface area contributed by atoms with Crippen LogP contribution in [-0.4, -0.2) is 18.5 Å². The minimum atomic E-state index is -0.0488. The fraction of sp³-hybridized carbons (Fsp3) is 0.316. The maximum atomic E-state index is 12.0. The van der Waals surface area contributed by atoms with Gasteiger partial charge in [0.05, 0.1) is 6.04 Å². The molecule has 1 amide bonds. The summed E-state index contributed by atoms with van der Waals surface area (Å²) in [6.07, 6.45) is 1.97. The molecule has 1 atom stereocenters. The van der Waals surface area contributed by atoms with Crippen molar-refractivity contribution in [3.63, 3.8) is 0 Å². The molecule has 0 aromatic heterocycles. The van der Waals surface area contributed by atoms with Crippen molar-refractivity contribution < 1.29 is 9.53 Å². The number of rotatable bonds is 6. The molecule has 1 fully saturated rings. The van der Waals surface area contributed by atoms with Crippen molar-refractivity contribution in [3.8, 4) is 5.75 Å². The Balaban J connectivity index is 1.52. The fourth-order valence-corrected chi connectivity index (χ4v) is 2.97. The standard InChI is InChI=1S/C19H21ClN2O2/c20-16-6-1-5-15(10-16)13-24-17-7-2-4-14(11-17)12-22-19(23)18-8-3-9-21-18/h1-2,4-7,10-11,18,21H,3,8-9,12-13H2,(H,22,23). The topological polar surface area (TPSA) is 50.4 Å². The molecule has 0 bridgehead atoms. The average Bonchev–Trinajstić information content (AvgIpc) is 3.13. The Labute approximate surface area is 147 Å². The molecule has 0 aliphatic carbocycles. The number of benzene rings is 2. The first kappa shape index (κ1) is 16.8.